The Morgan fingerprint density at radius 2 is 1.92 bits per heavy atom. The monoisotopic (exact) mass is 391 g/mol. The van der Waals surface area contributed by atoms with Crippen LogP contribution in [0.2, 0.25) is 0 Å². The van der Waals surface area contributed by atoms with Gasteiger partial charge in [-0.15, -0.1) is 11.3 Å². The molecule has 0 spiro atoms. The van der Waals surface area contributed by atoms with E-state index in [1.165, 1.54) is 18.5 Å². The zero-order valence-corrected chi connectivity index (χ0v) is 15.7. The van der Waals surface area contributed by atoms with E-state index in [-0.39, 0.29) is 22.1 Å². The molecule has 0 aromatic carbocycles. The van der Waals surface area contributed by atoms with Gasteiger partial charge in [0.05, 0.1) is 16.3 Å². The Bertz CT molecular complexity index is 742. The molecule has 25 heavy (non-hydrogen) atoms. The molecule has 1 heterocycles. The Hall–Kier alpha value is -1.98. The molecular weight excluding hydrogens is 370 g/mol. The molecule has 2 amide bonds. The number of carboxylic acids is 1. The van der Waals surface area contributed by atoms with Crippen LogP contribution in [0.4, 0.5) is 0 Å². The molecule has 140 valence electrons. The van der Waals surface area contributed by atoms with Gasteiger partial charge < -0.3 is 15.7 Å². The fourth-order valence-electron chi connectivity index (χ4n) is 1.88. The third-order valence-corrected chi connectivity index (χ3v) is 5.60. The second-order valence-corrected chi connectivity index (χ2v) is 8.42. The first-order chi connectivity index (χ1) is 11.6. The van der Waals surface area contributed by atoms with E-state index >= 15 is 0 Å². The molecule has 1 rings (SSSR count). The Morgan fingerprint density at radius 3 is 2.44 bits per heavy atom. The van der Waals surface area contributed by atoms with Crippen LogP contribution in [0.5, 0.6) is 0 Å². The highest BCUT2D eigenvalue weighted by molar-refractivity contribution is 7.89. The number of aliphatic carboxylic acids is 1. The van der Waals surface area contributed by atoms with Gasteiger partial charge in [0.1, 0.15) is 6.04 Å². The summed E-state index contributed by atoms with van der Waals surface area (Å²) in [6.07, 6.45) is 0.269. The summed E-state index contributed by atoms with van der Waals surface area (Å²) < 4.78 is 25.4. The lowest BCUT2D eigenvalue weighted by atomic mass is 10.0. The normalized spacial score (nSPS) is 12.6. The maximum atomic E-state index is 12.0. The molecule has 0 unspecified atom stereocenters. The van der Waals surface area contributed by atoms with Crippen LogP contribution >= 0.6 is 11.3 Å². The summed E-state index contributed by atoms with van der Waals surface area (Å²) in [6, 6.07) is 0.168. The summed E-state index contributed by atoms with van der Waals surface area (Å²) in [5, 5.41) is 15.0. The van der Waals surface area contributed by atoms with Crippen LogP contribution in [0.3, 0.4) is 0 Å². The van der Waals surface area contributed by atoms with Gasteiger partial charge in [0.15, 0.2) is 0 Å². The maximum Gasteiger partial charge on any atom is 0.326 e. The first-order valence-electron chi connectivity index (χ1n) is 7.39. The third-order valence-electron chi connectivity index (χ3n) is 3.13. The molecule has 0 aliphatic heterocycles. The third kappa shape index (κ3) is 6.44. The van der Waals surface area contributed by atoms with E-state index in [1.807, 2.05) is 13.8 Å². The lowest BCUT2D eigenvalue weighted by Gasteiger charge is -2.16. The Balaban J connectivity index is 2.61. The van der Waals surface area contributed by atoms with Crippen molar-refractivity contribution in [1.82, 2.24) is 15.4 Å². The number of rotatable bonds is 9. The molecule has 0 aliphatic rings. The number of nitrogens with one attached hydrogen (secondary N) is 3. The van der Waals surface area contributed by atoms with Gasteiger partial charge in [-0.1, -0.05) is 13.8 Å². The second kappa shape index (κ2) is 8.92. The van der Waals surface area contributed by atoms with E-state index in [0.717, 1.165) is 11.3 Å². The standard InChI is InChI=1S/C14H21N3O6S2/c1-8(2)4-10(14(20)21)17-12(18)6-16-13(19)11-5-9(7-24-11)25(22,23)15-3/h5,7-8,10,15H,4,6H2,1-3H3,(H,16,19)(H,17,18)(H,20,21)/t10-/m0/s1. The minimum absolute atomic E-state index is 0.0440. The second-order valence-electron chi connectivity index (χ2n) is 5.62. The molecule has 4 N–H and O–H groups in total. The summed E-state index contributed by atoms with van der Waals surface area (Å²) >= 11 is 0.922. The predicted octanol–water partition coefficient (Wildman–Crippen LogP) is 0.00150. The van der Waals surface area contributed by atoms with Crippen LogP contribution in [-0.2, 0) is 19.6 Å². The molecule has 0 radical (unpaired) electrons. The summed E-state index contributed by atoms with van der Waals surface area (Å²) in [4.78, 5) is 34.9. The average Bonchev–Trinajstić information content (AvgIpc) is 3.02. The Labute approximate surface area is 149 Å². The highest BCUT2D eigenvalue weighted by Crippen LogP contribution is 2.18. The lowest BCUT2D eigenvalue weighted by molar-refractivity contribution is -0.142. The topological polar surface area (TPSA) is 142 Å². The van der Waals surface area contributed by atoms with Gasteiger partial charge >= 0.3 is 5.97 Å². The van der Waals surface area contributed by atoms with E-state index in [2.05, 4.69) is 15.4 Å². The van der Waals surface area contributed by atoms with Crippen LogP contribution in [0, 0.1) is 5.92 Å². The van der Waals surface area contributed by atoms with Gasteiger partial charge in [-0.25, -0.2) is 17.9 Å². The number of sulfonamides is 1. The van der Waals surface area contributed by atoms with Crippen LogP contribution in [-0.4, -0.2) is 50.9 Å². The van der Waals surface area contributed by atoms with Gasteiger partial charge in [-0.2, -0.15) is 0 Å². The van der Waals surface area contributed by atoms with Gasteiger partial charge in [0.25, 0.3) is 5.91 Å². The lowest BCUT2D eigenvalue weighted by Crippen LogP contribution is -2.46. The number of thiophene rings is 1. The molecule has 0 saturated heterocycles. The van der Waals surface area contributed by atoms with Gasteiger partial charge in [-0.3, -0.25) is 9.59 Å². The van der Waals surface area contributed by atoms with Gasteiger partial charge in [-0.05, 0) is 25.5 Å². The molecule has 0 saturated carbocycles. The van der Waals surface area contributed by atoms with Crippen molar-refractivity contribution in [3.8, 4) is 0 Å². The molecule has 1 atom stereocenters. The fourth-order valence-corrected chi connectivity index (χ4v) is 3.80. The average molecular weight is 391 g/mol. The Morgan fingerprint density at radius 1 is 1.28 bits per heavy atom. The van der Waals surface area contributed by atoms with Crippen molar-refractivity contribution in [2.45, 2.75) is 31.2 Å². The minimum atomic E-state index is -3.64. The first kappa shape index (κ1) is 21.1. The number of hydrogen-bond acceptors (Lipinski definition) is 6. The van der Waals surface area contributed by atoms with Crippen LogP contribution < -0.4 is 15.4 Å². The van der Waals surface area contributed by atoms with E-state index < -0.39 is 40.4 Å². The summed E-state index contributed by atoms with van der Waals surface area (Å²) in [5.41, 5.74) is 0. The van der Waals surface area contributed by atoms with Gasteiger partial charge in [0.2, 0.25) is 15.9 Å². The molecule has 11 heteroatoms. The molecule has 0 bridgehead atoms. The van der Waals surface area contributed by atoms with E-state index in [1.54, 1.807) is 0 Å². The van der Waals surface area contributed by atoms with Crippen molar-refractivity contribution < 1.29 is 27.9 Å². The first-order valence-corrected chi connectivity index (χ1v) is 9.75. The van der Waals surface area contributed by atoms with Crippen molar-refractivity contribution in [3.05, 3.63) is 16.3 Å². The predicted molar refractivity (Wildman–Crippen MR) is 91.9 cm³/mol. The smallest absolute Gasteiger partial charge is 0.326 e. The van der Waals surface area contributed by atoms with Crippen LogP contribution in [0.15, 0.2) is 16.3 Å². The van der Waals surface area contributed by atoms with Crippen molar-refractivity contribution in [3.63, 3.8) is 0 Å². The molecule has 1 aromatic rings. The van der Waals surface area contributed by atoms with Crippen molar-refractivity contribution in [2.24, 2.45) is 5.92 Å². The molecule has 0 fully saturated rings. The summed E-state index contributed by atoms with van der Waals surface area (Å²) in [6.45, 7) is 3.25. The van der Waals surface area contributed by atoms with E-state index in [9.17, 15) is 22.8 Å². The SMILES string of the molecule is CNS(=O)(=O)c1csc(C(=O)NCC(=O)N[C@@H](CC(C)C)C(=O)O)c1. The quantitative estimate of drug-likeness (QED) is 0.467. The summed E-state index contributed by atoms with van der Waals surface area (Å²) in [5.74, 6) is -2.32. The van der Waals surface area contributed by atoms with Crippen molar-refractivity contribution in [2.75, 3.05) is 13.6 Å². The largest absolute Gasteiger partial charge is 0.480 e. The fraction of sp³-hybridized carbons (Fsp3) is 0.500. The van der Waals surface area contributed by atoms with Gasteiger partial charge in [0, 0.05) is 5.38 Å². The minimum Gasteiger partial charge on any atom is -0.480 e. The maximum absolute atomic E-state index is 12.0. The highest BCUT2D eigenvalue weighted by Gasteiger charge is 2.22. The number of amides is 2. The van der Waals surface area contributed by atoms with E-state index in [0.29, 0.717) is 0 Å². The molecule has 9 nitrogen and oxygen atoms in total. The van der Waals surface area contributed by atoms with E-state index in [4.69, 9.17) is 5.11 Å². The van der Waals surface area contributed by atoms with Crippen molar-refractivity contribution in [1.29, 1.82) is 0 Å². The zero-order valence-electron chi connectivity index (χ0n) is 14.0. The number of carboxylic acid groups (broad SMARTS) is 1. The molecule has 1 aromatic heterocycles. The van der Waals surface area contributed by atoms with Crippen molar-refractivity contribution >= 4 is 39.1 Å². The molecular formula is C14H21N3O6S2. The molecule has 0 aliphatic carbocycles. The number of carbonyl (C=O) groups excluding carboxylic acids is 2. The zero-order chi connectivity index (χ0) is 19.2. The number of hydrogen-bond donors (Lipinski definition) is 4. The number of carbonyl (C=O) groups is 3. The summed E-state index contributed by atoms with van der Waals surface area (Å²) in [7, 11) is -2.39. The van der Waals surface area contributed by atoms with Crippen LogP contribution in [0.1, 0.15) is 29.9 Å². The Kier molecular flexibility index (Phi) is 7.52. The van der Waals surface area contributed by atoms with Crippen LogP contribution in [0.25, 0.3) is 0 Å². The highest BCUT2D eigenvalue weighted by atomic mass is 32.2.